The summed E-state index contributed by atoms with van der Waals surface area (Å²) in [5.41, 5.74) is 3.47. The molecule has 0 radical (unpaired) electrons. The maximum absolute atomic E-state index is 13.3. The molecule has 2 heterocycles. The van der Waals surface area contributed by atoms with Crippen molar-refractivity contribution in [3.05, 3.63) is 46.9 Å². The number of pyridine rings is 1. The van der Waals surface area contributed by atoms with Gasteiger partial charge in [-0.05, 0) is 24.3 Å². The number of aromatic nitrogens is 3. The fourth-order valence-corrected chi connectivity index (χ4v) is 3.14. The lowest BCUT2D eigenvalue weighted by Crippen LogP contribution is -2.44. The number of fused-ring (bicyclic) bond motifs is 1. The number of hydroxylamine groups is 1. The fraction of sp³-hybridized carbons (Fsp3) is 0.235. The molecule has 3 aromatic rings. The Kier molecular flexibility index (Phi) is 4.60. The van der Waals surface area contributed by atoms with Crippen LogP contribution >= 0.6 is 11.6 Å². The van der Waals surface area contributed by atoms with E-state index in [-0.39, 0.29) is 35.7 Å². The van der Waals surface area contributed by atoms with Crippen LogP contribution in [-0.4, -0.2) is 38.0 Å². The van der Waals surface area contributed by atoms with Crippen molar-refractivity contribution in [2.45, 2.75) is 24.8 Å². The Balaban J connectivity index is 1.66. The molecule has 1 aromatic carbocycles. The van der Waals surface area contributed by atoms with Crippen molar-refractivity contribution in [1.82, 2.24) is 20.4 Å². The first-order chi connectivity index (χ1) is 13.3. The van der Waals surface area contributed by atoms with Crippen LogP contribution in [0.3, 0.4) is 0 Å². The molecule has 2 aromatic heterocycles. The van der Waals surface area contributed by atoms with E-state index in [4.69, 9.17) is 11.6 Å². The second kappa shape index (κ2) is 6.95. The number of amidine groups is 1. The summed E-state index contributed by atoms with van der Waals surface area (Å²) >= 11 is 5.76. The van der Waals surface area contributed by atoms with Gasteiger partial charge in [0.15, 0.2) is 11.5 Å². The number of benzene rings is 1. The Morgan fingerprint density at radius 3 is 2.79 bits per heavy atom. The molecule has 4 N–H and O–H groups in total. The lowest BCUT2D eigenvalue weighted by Gasteiger charge is -2.35. The Morgan fingerprint density at radius 1 is 1.32 bits per heavy atom. The zero-order valence-electron chi connectivity index (χ0n) is 14.2. The zero-order chi connectivity index (χ0) is 19.9. The van der Waals surface area contributed by atoms with E-state index in [9.17, 15) is 18.4 Å². The highest BCUT2D eigenvalue weighted by Gasteiger charge is 2.45. The molecule has 1 fully saturated rings. The van der Waals surface area contributed by atoms with E-state index < -0.39 is 11.7 Å². The molecule has 0 unspecified atom stereocenters. The smallest absolute Gasteiger partial charge is 0.252 e. The summed E-state index contributed by atoms with van der Waals surface area (Å²) in [7, 11) is 0. The molecule has 0 amide bonds. The number of nitrogens with zero attached hydrogens (tertiary/aromatic N) is 3. The summed E-state index contributed by atoms with van der Waals surface area (Å²) < 4.78 is 39.3. The van der Waals surface area contributed by atoms with Crippen molar-refractivity contribution in [2.24, 2.45) is 4.99 Å². The van der Waals surface area contributed by atoms with Crippen LogP contribution in [0.5, 0.6) is 0 Å². The van der Waals surface area contributed by atoms with Gasteiger partial charge in [-0.15, -0.1) is 0 Å². The van der Waals surface area contributed by atoms with Crippen molar-refractivity contribution in [3.63, 3.8) is 0 Å². The predicted molar refractivity (Wildman–Crippen MR) is 98.0 cm³/mol. The van der Waals surface area contributed by atoms with Crippen molar-refractivity contribution in [2.75, 3.05) is 5.32 Å². The largest absolute Gasteiger partial charge is 0.353 e. The number of hydrogen-bond acceptors (Lipinski definition) is 5. The maximum Gasteiger partial charge on any atom is 0.252 e. The number of H-pyrrole nitrogens is 1. The van der Waals surface area contributed by atoms with Crippen LogP contribution in [0.15, 0.2) is 35.5 Å². The number of halogens is 4. The number of anilines is 1. The Morgan fingerprint density at radius 2 is 2.11 bits per heavy atom. The van der Waals surface area contributed by atoms with Gasteiger partial charge in [0.25, 0.3) is 5.92 Å². The van der Waals surface area contributed by atoms with Gasteiger partial charge in [0.05, 0.1) is 16.2 Å². The second-order valence-corrected chi connectivity index (χ2v) is 6.83. The Bertz CT molecular complexity index is 1060. The molecule has 0 aliphatic heterocycles. The van der Waals surface area contributed by atoms with E-state index >= 15 is 0 Å². The third-order valence-corrected chi connectivity index (χ3v) is 4.62. The van der Waals surface area contributed by atoms with E-state index in [0.717, 1.165) is 6.07 Å². The molecule has 1 aliphatic carbocycles. The molecule has 7 nitrogen and oxygen atoms in total. The Labute approximate surface area is 161 Å². The van der Waals surface area contributed by atoms with Crippen molar-refractivity contribution >= 4 is 40.2 Å². The standard InChI is InChI=1S/C17H14ClF3N6O/c18-11-5-8(1-2-12(11)19)23-14(27-28)10-3-4-22-15-13(10)25-16(26-15)24-9-6-17(20,21)7-9/h1-5,9,28H,6-7H2,(H,23,27)(H2,22,24,25,26). The van der Waals surface area contributed by atoms with Crippen LogP contribution in [0.1, 0.15) is 18.4 Å². The van der Waals surface area contributed by atoms with Gasteiger partial charge in [0.2, 0.25) is 5.95 Å². The summed E-state index contributed by atoms with van der Waals surface area (Å²) in [6.45, 7) is 0. The average molecular weight is 411 g/mol. The fourth-order valence-electron chi connectivity index (χ4n) is 2.96. The molecule has 28 heavy (non-hydrogen) atoms. The van der Waals surface area contributed by atoms with Crippen LogP contribution in [-0.2, 0) is 0 Å². The monoisotopic (exact) mass is 410 g/mol. The van der Waals surface area contributed by atoms with Gasteiger partial charge >= 0.3 is 0 Å². The lowest BCUT2D eigenvalue weighted by atomic mass is 9.88. The van der Waals surface area contributed by atoms with Gasteiger partial charge in [-0.2, -0.15) is 4.98 Å². The van der Waals surface area contributed by atoms with Crippen LogP contribution < -0.4 is 10.8 Å². The molecule has 11 heteroatoms. The molecular formula is C17H14ClF3N6O. The highest BCUT2D eigenvalue weighted by Crippen LogP contribution is 2.38. The number of alkyl halides is 2. The van der Waals surface area contributed by atoms with Crippen LogP contribution in [0.25, 0.3) is 11.2 Å². The van der Waals surface area contributed by atoms with Crippen molar-refractivity contribution < 1.29 is 18.4 Å². The van der Waals surface area contributed by atoms with Crippen molar-refractivity contribution in [3.8, 4) is 0 Å². The molecule has 1 aliphatic rings. The van der Waals surface area contributed by atoms with E-state index in [1.807, 2.05) is 5.48 Å². The lowest BCUT2D eigenvalue weighted by molar-refractivity contribution is -0.0794. The highest BCUT2D eigenvalue weighted by molar-refractivity contribution is 6.31. The number of hydrogen-bond donors (Lipinski definition) is 4. The number of aromatic amines is 1. The van der Waals surface area contributed by atoms with Gasteiger partial charge in [0.1, 0.15) is 5.82 Å². The zero-order valence-corrected chi connectivity index (χ0v) is 14.9. The third-order valence-electron chi connectivity index (χ3n) is 4.33. The summed E-state index contributed by atoms with van der Waals surface area (Å²) in [6.07, 6.45) is 0.936. The summed E-state index contributed by atoms with van der Waals surface area (Å²) in [5, 5.41) is 12.3. The SMILES string of the molecule is ONC(=Nc1ccc(F)c(Cl)c1)c1ccnc2nc(NC3CC(F)(F)C3)[nH]c12. The summed E-state index contributed by atoms with van der Waals surface area (Å²) in [5.74, 6) is -2.90. The van der Waals surface area contributed by atoms with Gasteiger partial charge in [-0.3, -0.25) is 10.7 Å². The molecule has 1 saturated carbocycles. The Hall–Kier alpha value is -2.85. The first-order valence-corrected chi connectivity index (χ1v) is 8.66. The summed E-state index contributed by atoms with van der Waals surface area (Å²) in [6, 6.07) is 5.06. The number of nitrogens with one attached hydrogen (secondary N) is 3. The second-order valence-electron chi connectivity index (χ2n) is 6.42. The van der Waals surface area contributed by atoms with Gasteiger partial charge < -0.3 is 10.3 Å². The van der Waals surface area contributed by atoms with Crippen LogP contribution in [0, 0.1) is 5.82 Å². The number of imidazole rings is 1. The minimum Gasteiger partial charge on any atom is -0.353 e. The molecule has 0 spiro atoms. The highest BCUT2D eigenvalue weighted by atomic mass is 35.5. The first kappa shape index (κ1) is 18.5. The molecule has 0 bridgehead atoms. The maximum atomic E-state index is 13.3. The molecular weight excluding hydrogens is 397 g/mol. The van der Waals surface area contributed by atoms with Crippen LogP contribution in [0.4, 0.5) is 24.8 Å². The molecule has 146 valence electrons. The minimum absolute atomic E-state index is 0.0421. The van der Waals surface area contributed by atoms with E-state index in [1.54, 1.807) is 6.07 Å². The van der Waals surface area contributed by atoms with E-state index in [1.165, 1.54) is 18.3 Å². The minimum atomic E-state index is -2.65. The molecule has 0 saturated heterocycles. The average Bonchev–Trinajstić information content (AvgIpc) is 3.03. The van der Waals surface area contributed by atoms with Gasteiger partial charge in [0, 0.05) is 30.6 Å². The molecule has 0 atom stereocenters. The topological polar surface area (TPSA) is 98.2 Å². The van der Waals surface area contributed by atoms with E-state index in [0.29, 0.717) is 22.4 Å². The van der Waals surface area contributed by atoms with Gasteiger partial charge in [-0.1, -0.05) is 11.6 Å². The normalized spacial score (nSPS) is 16.8. The summed E-state index contributed by atoms with van der Waals surface area (Å²) in [4.78, 5) is 15.6. The van der Waals surface area contributed by atoms with Gasteiger partial charge in [-0.25, -0.2) is 23.1 Å². The quantitative estimate of drug-likeness (QED) is 0.296. The number of rotatable bonds is 4. The van der Waals surface area contributed by atoms with Crippen molar-refractivity contribution in [1.29, 1.82) is 0 Å². The van der Waals surface area contributed by atoms with E-state index in [2.05, 4.69) is 25.3 Å². The first-order valence-electron chi connectivity index (χ1n) is 8.28. The third kappa shape index (κ3) is 3.60. The number of aliphatic imine (C=N–C) groups is 1. The molecule has 4 rings (SSSR count). The van der Waals surface area contributed by atoms with Crippen LogP contribution in [0.2, 0.25) is 5.02 Å². The predicted octanol–water partition coefficient (Wildman–Crippen LogP) is 4.02.